The minimum Gasteiger partial charge on any atom is -0.322 e. The predicted octanol–water partition coefficient (Wildman–Crippen LogP) is 4.40. The molecule has 0 atom stereocenters. The number of carbonyl (C=O) groups excluding carboxylic acids is 1. The number of halogens is 3. The van der Waals surface area contributed by atoms with Gasteiger partial charge in [-0.15, -0.1) is 0 Å². The van der Waals surface area contributed by atoms with E-state index in [4.69, 9.17) is 23.2 Å². The average Bonchev–Trinajstić information content (AvgIpc) is 2.34. The van der Waals surface area contributed by atoms with Crippen LogP contribution in [0.1, 0.15) is 10.4 Å². The van der Waals surface area contributed by atoms with Crippen molar-refractivity contribution >= 4 is 50.7 Å². The first kappa shape index (κ1) is 13.3. The van der Waals surface area contributed by atoms with Gasteiger partial charge in [0.15, 0.2) is 0 Å². The Morgan fingerprint density at radius 3 is 2.67 bits per heavy atom. The molecule has 92 valence electrons. The van der Waals surface area contributed by atoms with Crippen LogP contribution in [-0.4, -0.2) is 10.9 Å². The number of pyridine rings is 1. The standard InChI is InChI=1S/C12H7BrCl2N2O/c13-9-2-1-7(5-10(9)14)17-12(18)8-3-4-16-6-11(8)15/h1-6H,(H,17,18). The molecule has 18 heavy (non-hydrogen) atoms. The highest BCUT2D eigenvalue weighted by Gasteiger charge is 2.10. The Bertz CT molecular complexity index is 604. The molecule has 1 heterocycles. The van der Waals surface area contributed by atoms with Crippen LogP contribution in [0.5, 0.6) is 0 Å². The monoisotopic (exact) mass is 344 g/mol. The van der Waals surface area contributed by atoms with Crippen LogP contribution in [0.25, 0.3) is 0 Å². The van der Waals surface area contributed by atoms with Crippen molar-refractivity contribution in [2.75, 3.05) is 5.32 Å². The Morgan fingerprint density at radius 1 is 1.22 bits per heavy atom. The molecule has 0 fully saturated rings. The summed E-state index contributed by atoms with van der Waals surface area (Å²) in [5.41, 5.74) is 0.965. The zero-order valence-corrected chi connectivity index (χ0v) is 12.1. The molecular formula is C12H7BrCl2N2O. The molecule has 6 heteroatoms. The highest BCUT2D eigenvalue weighted by Crippen LogP contribution is 2.26. The number of carbonyl (C=O) groups is 1. The summed E-state index contributed by atoms with van der Waals surface area (Å²) >= 11 is 15.1. The van der Waals surface area contributed by atoms with Crippen molar-refractivity contribution < 1.29 is 4.79 Å². The van der Waals surface area contributed by atoms with E-state index in [-0.39, 0.29) is 5.91 Å². The Morgan fingerprint density at radius 2 is 2.00 bits per heavy atom. The van der Waals surface area contributed by atoms with Gasteiger partial charge in [0.25, 0.3) is 5.91 Å². The molecule has 0 saturated heterocycles. The fourth-order valence-electron chi connectivity index (χ4n) is 1.33. The third-order valence-electron chi connectivity index (χ3n) is 2.19. The molecule has 0 spiro atoms. The summed E-state index contributed by atoms with van der Waals surface area (Å²) in [6.45, 7) is 0. The molecule has 0 radical (unpaired) electrons. The van der Waals surface area contributed by atoms with E-state index in [9.17, 15) is 4.79 Å². The quantitative estimate of drug-likeness (QED) is 0.876. The van der Waals surface area contributed by atoms with E-state index in [1.807, 2.05) is 0 Å². The molecule has 3 nitrogen and oxygen atoms in total. The maximum atomic E-state index is 12.0. The smallest absolute Gasteiger partial charge is 0.257 e. The van der Waals surface area contributed by atoms with E-state index in [1.165, 1.54) is 12.4 Å². The number of amides is 1. The van der Waals surface area contributed by atoms with Crippen molar-refractivity contribution in [1.29, 1.82) is 0 Å². The molecular weight excluding hydrogens is 339 g/mol. The largest absolute Gasteiger partial charge is 0.322 e. The lowest BCUT2D eigenvalue weighted by molar-refractivity contribution is 0.102. The second kappa shape index (κ2) is 5.69. The van der Waals surface area contributed by atoms with E-state index >= 15 is 0 Å². The van der Waals surface area contributed by atoms with Crippen molar-refractivity contribution in [3.05, 3.63) is 56.7 Å². The Balaban J connectivity index is 2.22. The van der Waals surface area contributed by atoms with Crippen molar-refractivity contribution in [2.24, 2.45) is 0 Å². The zero-order chi connectivity index (χ0) is 13.1. The summed E-state index contributed by atoms with van der Waals surface area (Å²) in [5.74, 6) is -0.305. The number of nitrogens with zero attached hydrogens (tertiary/aromatic N) is 1. The van der Waals surface area contributed by atoms with E-state index in [0.29, 0.717) is 21.3 Å². The van der Waals surface area contributed by atoms with Gasteiger partial charge >= 0.3 is 0 Å². The van der Waals surface area contributed by atoms with Gasteiger partial charge in [-0.3, -0.25) is 9.78 Å². The molecule has 1 N–H and O–H groups in total. The van der Waals surface area contributed by atoms with E-state index < -0.39 is 0 Å². The van der Waals surface area contributed by atoms with Gasteiger partial charge in [0, 0.05) is 22.6 Å². The highest BCUT2D eigenvalue weighted by atomic mass is 79.9. The fourth-order valence-corrected chi connectivity index (χ4v) is 1.96. The molecule has 1 aromatic heterocycles. The second-order valence-corrected chi connectivity index (χ2v) is 5.11. The van der Waals surface area contributed by atoms with Gasteiger partial charge in [0.1, 0.15) is 0 Å². The van der Waals surface area contributed by atoms with Gasteiger partial charge in [-0.1, -0.05) is 23.2 Å². The second-order valence-electron chi connectivity index (χ2n) is 3.44. The van der Waals surface area contributed by atoms with Crippen LogP contribution in [-0.2, 0) is 0 Å². The maximum absolute atomic E-state index is 12.0. The SMILES string of the molecule is O=C(Nc1ccc(Br)c(Cl)c1)c1ccncc1Cl. The predicted molar refractivity (Wildman–Crippen MR) is 76.4 cm³/mol. The van der Waals surface area contributed by atoms with Gasteiger partial charge in [-0.25, -0.2) is 0 Å². The molecule has 0 unspecified atom stereocenters. The average molecular weight is 346 g/mol. The highest BCUT2D eigenvalue weighted by molar-refractivity contribution is 9.10. The third kappa shape index (κ3) is 3.02. The third-order valence-corrected chi connectivity index (χ3v) is 3.73. The summed E-state index contributed by atoms with van der Waals surface area (Å²) in [6.07, 6.45) is 2.93. The zero-order valence-electron chi connectivity index (χ0n) is 8.95. The molecule has 2 rings (SSSR count). The van der Waals surface area contributed by atoms with Crippen LogP contribution in [0.15, 0.2) is 41.1 Å². The minimum atomic E-state index is -0.305. The lowest BCUT2D eigenvalue weighted by Crippen LogP contribution is -2.12. The van der Waals surface area contributed by atoms with E-state index in [2.05, 4.69) is 26.2 Å². The molecule has 0 saturated carbocycles. The molecule has 2 aromatic rings. The van der Waals surface area contributed by atoms with Crippen molar-refractivity contribution in [2.45, 2.75) is 0 Å². The number of hydrogen-bond acceptors (Lipinski definition) is 2. The normalized spacial score (nSPS) is 10.2. The summed E-state index contributed by atoms with van der Waals surface area (Å²) in [5, 5.41) is 3.54. The minimum absolute atomic E-state index is 0.304. The number of nitrogens with one attached hydrogen (secondary N) is 1. The first-order valence-corrected chi connectivity index (χ1v) is 6.49. The van der Waals surface area contributed by atoms with Crippen molar-refractivity contribution in [1.82, 2.24) is 4.98 Å². The van der Waals surface area contributed by atoms with Crippen molar-refractivity contribution in [3.63, 3.8) is 0 Å². The molecule has 0 aliphatic rings. The van der Waals surface area contributed by atoms with Crippen LogP contribution in [0.4, 0.5) is 5.69 Å². The molecule has 1 aromatic carbocycles. The van der Waals surface area contributed by atoms with Crippen LogP contribution < -0.4 is 5.32 Å². The van der Waals surface area contributed by atoms with Crippen molar-refractivity contribution in [3.8, 4) is 0 Å². The van der Waals surface area contributed by atoms with Gasteiger partial charge in [0.05, 0.1) is 15.6 Å². The molecule has 0 bridgehead atoms. The van der Waals surface area contributed by atoms with E-state index in [1.54, 1.807) is 24.3 Å². The number of aromatic nitrogens is 1. The molecule has 0 aliphatic heterocycles. The summed E-state index contributed by atoms with van der Waals surface area (Å²) in [6, 6.07) is 6.70. The first-order chi connectivity index (χ1) is 8.58. The van der Waals surface area contributed by atoms with Gasteiger partial charge < -0.3 is 5.32 Å². The summed E-state index contributed by atoms with van der Waals surface area (Å²) in [7, 11) is 0. The van der Waals surface area contributed by atoms with Gasteiger partial charge in [-0.2, -0.15) is 0 Å². The van der Waals surface area contributed by atoms with Crippen LogP contribution >= 0.6 is 39.1 Å². The number of hydrogen-bond donors (Lipinski definition) is 1. The summed E-state index contributed by atoms with van der Waals surface area (Å²) < 4.78 is 0.768. The summed E-state index contributed by atoms with van der Waals surface area (Å²) in [4.78, 5) is 15.8. The van der Waals surface area contributed by atoms with Gasteiger partial charge in [0.2, 0.25) is 0 Å². The topological polar surface area (TPSA) is 42.0 Å². The fraction of sp³-hybridized carbons (Fsp3) is 0. The molecule has 0 aliphatic carbocycles. The number of anilines is 1. The molecule has 1 amide bonds. The van der Waals surface area contributed by atoms with E-state index in [0.717, 1.165) is 4.47 Å². The lowest BCUT2D eigenvalue weighted by atomic mass is 10.2. The Kier molecular flexibility index (Phi) is 4.22. The number of rotatable bonds is 2. The van der Waals surface area contributed by atoms with Crippen LogP contribution in [0.2, 0.25) is 10.0 Å². The van der Waals surface area contributed by atoms with Gasteiger partial charge in [-0.05, 0) is 40.2 Å². The lowest BCUT2D eigenvalue weighted by Gasteiger charge is -2.07. The first-order valence-electron chi connectivity index (χ1n) is 4.94. The Labute approximate surface area is 122 Å². The van der Waals surface area contributed by atoms with Crippen LogP contribution in [0, 0.1) is 0 Å². The Hall–Kier alpha value is -1.10. The maximum Gasteiger partial charge on any atom is 0.257 e. The van der Waals surface area contributed by atoms with Crippen LogP contribution in [0.3, 0.4) is 0 Å². The number of benzene rings is 1.